The zero-order valence-electron chi connectivity index (χ0n) is 12.0. The topological polar surface area (TPSA) is 57.7 Å². The second-order valence-electron chi connectivity index (χ2n) is 4.81. The summed E-state index contributed by atoms with van der Waals surface area (Å²) in [6, 6.07) is -2.51. The Balaban J connectivity index is 3.22. The van der Waals surface area contributed by atoms with E-state index < -0.39 is 23.9 Å². The van der Waals surface area contributed by atoms with Gasteiger partial charge in [-0.3, -0.25) is 19.3 Å². The Morgan fingerprint density at radius 2 is 1.94 bits per heavy atom. The summed E-state index contributed by atoms with van der Waals surface area (Å²) in [5.41, 5.74) is 0. The average Bonchev–Trinajstić information content (AvgIpc) is 2.23. The molecule has 0 radical (unpaired) electrons. The molecule has 1 aliphatic heterocycles. The van der Waals surface area contributed by atoms with Crippen LogP contribution in [-0.2, 0) is 14.4 Å². The molecular formula is C12H20N2O3. The van der Waals surface area contributed by atoms with Gasteiger partial charge in [-0.25, -0.2) is 0 Å². The number of imide groups is 1. The number of carbonyl (C=O) groups is 3. The molecule has 2 atom stereocenters. The molecule has 1 heterocycles. The van der Waals surface area contributed by atoms with E-state index in [1.807, 2.05) is 13.8 Å². The lowest BCUT2D eigenvalue weighted by molar-refractivity contribution is -0.165. The van der Waals surface area contributed by atoms with Crippen molar-refractivity contribution >= 4 is 17.7 Å². The summed E-state index contributed by atoms with van der Waals surface area (Å²) in [5, 5.41) is 0. The molecule has 1 saturated heterocycles. The van der Waals surface area contributed by atoms with Crippen molar-refractivity contribution in [1.82, 2.24) is 9.80 Å². The Bertz CT molecular complexity index is 397. The second kappa shape index (κ2) is 4.85. The summed E-state index contributed by atoms with van der Waals surface area (Å²) in [7, 11) is 1.45. The maximum absolute atomic E-state index is 12.3. The molecule has 5 heteroatoms. The zero-order chi connectivity index (χ0) is 14.2. The molecule has 0 bridgehead atoms. The van der Waals surface area contributed by atoms with E-state index in [0.29, 0.717) is 0 Å². The Morgan fingerprint density at radius 3 is 2.35 bits per heavy atom. The molecule has 17 heavy (non-hydrogen) atoms. The molecule has 0 aliphatic carbocycles. The van der Waals surface area contributed by atoms with E-state index in [1.165, 1.54) is 20.9 Å². The van der Waals surface area contributed by atoms with Gasteiger partial charge in [-0.15, -0.1) is 0 Å². The van der Waals surface area contributed by atoms with E-state index in [9.17, 15) is 14.4 Å². The SMILES string of the molecule is [2H][C@@]1(CC(C)C)C(=O)N(C(C)=O)[C@H](C)C(=O)N1C. The van der Waals surface area contributed by atoms with Crippen LogP contribution in [-0.4, -0.2) is 46.6 Å². The normalized spacial score (nSPS) is 30.9. The maximum atomic E-state index is 12.3. The lowest BCUT2D eigenvalue weighted by atomic mass is 9.97. The Hall–Kier alpha value is -1.39. The van der Waals surface area contributed by atoms with Crippen molar-refractivity contribution in [1.29, 1.82) is 0 Å². The van der Waals surface area contributed by atoms with Crippen molar-refractivity contribution in [3.63, 3.8) is 0 Å². The minimum atomic E-state index is -1.68. The second-order valence-corrected chi connectivity index (χ2v) is 4.81. The summed E-state index contributed by atoms with van der Waals surface area (Å²) >= 11 is 0. The third-order valence-corrected chi connectivity index (χ3v) is 2.89. The van der Waals surface area contributed by atoms with Gasteiger partial charge in [0.15, 0.2) is 0 Å². The molecule has 3 amide bonds. The molecular weight excluding hydrogens is 220 g/mol. The van der Waals surface area contributed by atoms with Gasteiger partial charge in [0.05, 0.1) is 1.37 Å². The molecule has 0 unspecified atom stereocenters. The molecule has 0 aromatic rings. The van der Waals surface area contributed by atoms with Crippen LogP contribution >= 0.6 is 0 Å². The van der Waals surface area contributed by atoms with Crippen LogP contribution in [0.4, 0.5) is 0 Å². The Kier molecular flexibility index (Phi) is 3.45. The summed E-state index contributed by atoms with van der Waals surface area (Å²) in [5.74, 6) is -1.41. The first-order valence-corrected chi connectivity index (χ1v) is 5.74. The van der Waals surface area contributed by atoms with Gasteiger partial charge < -0.3 is 4.90 Å². The van der Waals surface area contributed by atoms with Crippen LogP contribution in [0.1, 0.15) is 35.5 Å². The van der Waals surface area contributed by atoms with E-state index in [2.05, 4.69) is 0 Å². The van der Waals surface area contributed by atoms with Crippen LogP contribution in [0, 0.1) is 5.92 Å². The van der Waals surface area contributed by atoms with E-state index in [4.69, 9.17) is 1.37 Å². The minimum absolute atomic E-state index is 0.0731. The fraction of sp³-hybridized carbons (Fsp3) is 0.750. The number of nitrogens with zero attached hydrogens (tertiary/aromatic N) is 2. The molecule has 0 N–H and O–H groups in total. The molecule has 0 aromatic heterocycles. The lowest BCUT2D eigenvalue weighted by Gasteiger charge is -2.41. The monoisotopic (exact) mass is 241 g/mol. The van der Waals surface area contributed by atoms with Gasteiger partial charge >= 0.3 is 0 Å². The Morgan fingerprint density at radius 1 is 1.41 bits per heavy atom. The predicted molar refractivity (Wildman–Crippen MR) is 63.0 cm³/mol. The Labute approximate surface area is 103 Å². The van der Waals surface area contributed by atoms with Crippen LogP contribution in [0.3, 0.4) is 0 Å². The number of hydrogen-bond acceptors (Lipinski definition) is 3. The van der Waals surface area contributed by atoms with Crippen molar-refractivity contribution in [2.45, 2.75) is 46.2 Å². The van der Waals surface area contributed by atoms with E-state index in [0.717, 1.165) is 9.80 Å². The highest BCUT2D eigenvalue weighted by Gasteiger charge is 2.43. The number of rotatable bonds is 2. The van der Waals surface area contributed by atoms with Gasteiger partial charge in [0.2, 0.25) is 11.8 Å². The third-order valence-electron chi connectivity index (χ3n) is 2.89. The van der Waals surface area contributed by atoms with Gasteiger partial charge in [0, 0.05) is 14.0 Å². The number of hydrogen-bond donors (Lipinski definition) is 0. The number of piperazine rings is 1. The third kappa shape index (κ3) is 2.48. The molecule has 0 spiro atoms. The molecule has 5 nitrogen and oxygen atoms in total. The van der Waals surface area contributed by atoms with Gasteiger partial charge in [-0.2, -0.15) is 0 Å². The summed E-state index contributed by atoms with van der Waals surface area (Å²) in [6.07, 6.45) is 0.213. The van der Waals surface area contributed by atoms with Crippen molar-refractivity contribution in [2.75, 3.05) is 7.05 Å². The average molecular weight is 241 g/mol. The van der Waals surface area contributed by atoms with Crippen molar-refractivity contribution in [3.05, 3.63) is 0 Å². The van der Waals surface area contributed by atoms with Gasteiger partial charge in [0.25, 0.3) is 5.91 Å². The van der Waals surface area contributed by atoms with Crippen molar-refractivity contribution < 1.29 is 15.8 Å². The van der Waals surface area contributed by atoms with Crippen LogP contribution in [0.2, 0.25) is 0 Å². The highest BCUT2D eigenvalue weighted by atomic mass is 16.2. The fourth-order valence-corrected chi connectivity index (χ4v) is 2.01. The fourth-order valence-electron chi connectivity index (χ4n) is 2.01. The maximum Gasteiger partial charge on any atom is 0.252 e. The van der Waals surface area contributed by atoms with Crippen molar-refractivity contribution in [3.8, 4) is 0 Å². The summed E-state index contributed by atoms with van der Waals surface area (Å²) < 4.78 is 8.27. The summed E-state index contributed by atoms with van der Waals surface area (Å²) in [4.78, 5) is 37.9. The van der Waals surface area contributed by atoms with Gasteiger partial charge in [-0.1, -0.05) is 13.8 Å². The first-order chi connectivity index (χ1) is 8.12. The van der Waals surface area contributed by atoms with Gasteiger partial charge in [0.1, 0.15) is 12.1 Å². The first kappa shape index (κ1) is 12.1. The largest absolute Gasteiger partial charge is 0.332 e. The zero-order valence-corrected chi connectivity index (χ0v) is 11.0. The van der Waals surface area contributed by atoms with E-state index >= 15 is 0 Å². The smallest absolute Gasteiger partial charge is 0.252 e. The molecule has 96 valence electrons. The number of likely N-dealkylation sites (N-methyl/N-ethyl adjacent to an activating group) is 1. The molecule has 0 saturated carbocycles. The molecule has 1 fully saturated rings. The highest BCUT2D eigenvalue weighted by Crippen LogP contribution is 2.21. The standard InChI is InChI=1S/C12H20N2O3/c1-7(2)6-10-12(17)14(9(4)15)8(3)11(16)13(10)5/h7-8,10H,6H2,1-5H3/t8-,10-/m1/s1/i10D. The summed E-state index contributed by atoms with van der Waals surface area (Å²) in [6.45, 7) is 6.49. The molecule has 0 aromatic carbocycles. The number of amides is 3. The van der Waals surface area contributed by atoms with Crippen LogP contribution < -0.4 is 0 Å². The molecule has 1 rings (SSSR count). The van der Waals surface area contributed by atoms with Gasteiger partial charge in [-0.05, 0) is 19.3 Å². The van der Waals surface area contributed by atoms with Crippen LogP contribution in [0.15, 0.2) is 0 Å². The minimum Gasteiger partial charge on any atom is -0.332 e. The predicted octanol–water partition coefficient (Wildman–Crippen LogP) is 0.637. The number of carbonyl (C=O) groups excluding carboxylic acids is 3. The lowest BCUT2D eigenvalue weighted by Crippen LogP contribution is -2.64. The highest BCUT2D eigenvalue weighted by molar-refractivity contribution is 6.05. The van der Waals surface area contributed by atoms with E-state index in [-0.39, 0.29) is 18.2 Å². The van der Waals surface area contributed by atoms with Crippen molar-refractivity contribution in [2.24, 2.45) is 5.92 Å². The van der Waals surface area contributed by atoms with E-state index in [1.54, 1.807) is 0 Å². The molecule has 1 aliphatic rings. The first-order valence-electron chi connectivity index (χ1n) is 6.24. The van der Waals surface area contributed by atoms with Crippen LogP contribution in [0.25, 0.3) is 0 Å². The quantitative estimate of drug-likeness (QED) is 0.712. The van der Waals surface area contributed by atoms with Crippen LogP contribution in [0.5, 0.6) is 0 Å².